The normalized spacial score (nSPS) is 27.9. The summed E-state index contributed by atoms with van der Waals surface area (Å²) in [5.41, 5.74) is 2.01. The third-order valence-corrected chi connectivity index (χ3v) is 5.00. The summed E-state index contributed by atoms with van der Waals surface area (Å²) in [6.07, 6.45) is 2.37. The second kappa shape index (κ2) is 6.87. The lowest BCUT2D eigenvalue weighted by molar-refractivity contribution is -0.144. The van der Waals surface area contributed by atoms with Gasteiger partial charge >= 0.3 is 0 Å². The van der Waals surface area contributed by atoms with Crippen LogP contribution < -0.4 is 4.90 Å². The van der Waals surface area contributed by atoms with E-state index in [4.69, 9.17) is 4.74 Å². The van der Waals surface area contributed by atoms with Crippen LogP contribution in [0.5, 0.6) is 0 Å². The Morgan fingerprint density at radius 3 is 2.62 bits per heavy atom. The summed E-state index contributed by atoms with van der Waals surface area (Å²) < 4.78 is 5.45. The summed E-state index contributed by atoms with van der Waals surface area (Å²) in [6, 6.07) is 7.71. The number of carbonyl (C=O) groups excluding carboxylic acids is 2. The molecule has 3 rings (SSSR count). The van der Waals surface area contributed by atoms with E-state index < -0.39 is 6.10 Å². The van der Waals surface area contributed by atoms with Crippen molar-refractivity contribution in [3.8, 4) is 0 Å². The fraction of sp³-hybridized carbons (Fsp3) is 0.474. The van der Waals surface area contributed by atoms with E-state index in [1.54, 1.807) is 12.0 Å². The van der Waals surface area contributed by atoms with Gasteiger partial charge in [0.1, 0.15) is 5.78 Å². The number of ketones is 1. The number of nitrogens with zero attached hydrogens (tertiary/aromatic N) is 2. The standard InChI is InChI=1S/C19H24N2O3/c1-4-10-20-11-9-15(22)12-16(20)17-18(24-3)19(23)21(17)14-7-5-13(2)6-8-14/h4-8,16-18H,1,9-12H2,2-3H3/t16-,17+,18-/m1/s1. The Balaban J connectivity index is 1.91. The van der Waals surface area contributed by atoms with Gasteiger partial charge in [-0.3, -0.25) is 14.5 Å². The molecular weight excluding hydrogens is 304 g/mol. The van der Waals surface area contributed by atoms with E-state index in [1.807, 2.05) is 37.3 Å². The summed E-state index contributed by atoms with van der Waals surface area (Å²) in [5, 5.41) is 0. The van der Waals surface area contributed by atoms with E-state index >= 15 is 0 Å². The van der Waals surface area contributed by atoms with Crippen molar-refractivity contribution in [2.24, 2.45) is 0 Å². The third kappa shape index (κ3) is 2.89. The minimum atomic E-state index is -0.491. The zero-order valence-corrected chi connectivity index (χ0v) is 14.3. The number of hydrogen-bond acceptors (Lipinski definition) is 4. The molecule has 0 bridgehead atoms. The number of hydrogen-bond donors (Lipinski definition) is 0. The van der Waals surface area contributed by atoms with E-state index in [0.717, 1.165) is 11.3 Å². The van der Waals surface area contributed by atoms with Crippen molar-refractivity contribution < 1.29 is 14.3 Å². The number of carbonyl (C=O) groups is 2. The minimum Gasteiger partial charge on any atom is -0.369 e. The number of ether oxygens (including phenoxy) is 1. The largest absolute Gasteiger partial charge is 0.369 e. The molecule has 1 aromatic carbocycles. The molecule has 2 heterocycles. The molecule has 2 fully saturated rings. The van der Waals surface area contributed by atoms with Crippen molar-refractivity contribution in [1.29, 1.82) is 0 Å². The number of benzene rings is 1. The SMILES string of the molecule is C=CCN1CCC(=O)C[C@@H]1[C@H]1[C@@H](OC)C(=O)N1c1ccc(C)cc1. The number of piperidine rings is 1. The molecule has 2 aliphatic rings. The lowest BCUT2D eigenvalue weighted by Crippen LogP contribution is -2.73. The van der Waals surface area contributed by atoms with Crippen LogP contribution in [0.1, 0.15) is 18.4 Å². The molecule has 0 unspecified atom stereocenters. The van der Waals surface area contributed by atoms with Gasteiger partial charge in [-0.25, -0.2) is 0 Å². The Labute approximate surface area is 142 Å². The Morgan fingerprint density at radius 2 is 2.00 bits per heavy atom. The number of aryl methyl sites for hydroxylation is 1. The van der Waals surface area contributed by atoms with Crippen LogP contribution in [-0.4, -0.2) is 55.0 Å². The molecule has 0 aromatic heterocycles. The molecule has 24 heavy (non-hydrogen) atoms. The predicted molar refractivity (Wildman–Crippen MR) is 93.0 cm³/mol. The molecule has 2 aliphatic heterocycles. The van der Waals surface area contributed by atoms with Gasteiger partial charge in [-0.2, -0.15) is 0 Å². The smallest absolute Gasteiger partial charge is 0.258 e. The Kier molecular flexibility index (Phi) is 4.83. The van der Waals surface area contributed by atoms with Crippen molar-refractivity contribution in [2.75, 3.05) is 25.1 Å². The monoisotopic (exact) mass is 328 g/mol. The van der Waals surface area contributed by atoms with Crippen LogP contribution in [0.15, 0.2) is 36.9 Å². The average molecular weight is 328 g/mol. The van der Waals surface area contributed by atoms with Gasteiger partial charge in [-0.1, -0.05) is 23.8 Å². The van der Waals surface area contributed by atoms with Crippen LogP contribution in [0, 0.1) is 6.92 Å². The first-order valence-corrected chi connectivity index (χ1v) is 8.36. The molecule has 3 atom stereocenters. The van der Waals surface area contributed by atoms with Crippen molar-refractivity contribution >= 4 is 17.4 Å². The molecule has 0 spiro atoms. The van der Waals surface area contributed by atoms with Gasteiger partial charge in [0.15, 0.2) is 6.10 Å². The minimum absolute atomic E-state index is 0.0341. The van der Waals surface area contributed by atoms with E-state index in [1.165, 1.54) is 0 Å². The van der Waals surface area contributed by atoms with Gasteiger partial charge in [0.2, 0.25) is 0 Å². The van der Waals surface area contributed by atoms with Gasteiger partial charge in [0.25, 0.3) is 5.91 Å². The molecule has 1 amide bonds. The molecule has 128 valence electrons. The van der Waals surface area contributed by atoms with Crippen LogP contribution >= 0.6 is 0 Å². The maximum absolute atomic E-state index is 12.6. The highest BCUT2D eigenvalue weighted by Gasteiger charge is 2.54. The lowest BCUT2D eigenvalue weighted by atomic mass is 9.83. The van der Waals surface area contributed by atoms with Crippen LogP contribution in [0.2, 0.25) is 0 Å². The summed E-state index contributed by atoms with van der Waals surface area (Å²) in [5.74, 6) is 0.210. The highest BCUT2D eigenvalue weighted by Crippen LogP contribution is 2.36. The average Bonchev–Trinajstić information content (AvgIpc) is 2.57. The molecule has 0 aliphatic carbocycles. The number of methoxy groups -OCH3 is 1. The molecule has 2 saturated heterocycles. The zero-order valence-electron chi connectivity index (χ0n) is 14.3. The Morgan fingerprint density at radius 1 is 1.29 bits per heavy atom. The number of amides is 1. The molecule has 0 saturated carbocycles. The van der Waals surface area contributed by atoms with E-state index in [9.17, 15) is 9.59 Å². The highest BCUT2D eigenvalue weighted by atomic mass is 16.5. The summed E-state index contributed by atoms with van der Waals surface area (Å²) in [7, 11) is 1.56. The van der Waals surface area contributed by atoms with E-state index in [0.29, 0.717) is 25.9 Å². The fourth-order valence-corrected chi connectivity index (χ4v) is 3.73. The topological polar surface area (TPSA) is 49.9 Å². The quantitative estimate of drug-likeness (QED) is 0.612. The first-order chi connectivity index (χ1) is 11.6. The van der Waals surface area contributed by atoms with Gasteiger partial charge in [-0.15, -0.1) is 6.58 Å². The lowest BCUT2D eigenvalue weighted by Gasteiger charge is -2.53. The van der Waals surface area contributed by atoms with Gasteiger partial charge in [0, 0.05) is 44.8 Å². The molecule has 0 radical (unpaired) electrons. The van der Waals surface area contributed by atoms with Gasteiger partial charge in [0.05, 0.1) is 6.04 Å². The predicted octanol–water partition coefficient (Wildman–Crippen LogP) is 1.94. The summed E-state index contributed by atoms with van der Waals surface area (Å²) in [4.78, 5) is 28.6. The maximum Gasteiger partial charge on any atom is 0.258 e. The number of β-lactam (4-membered cyclic amide) rings is 1. The first kappa shape index (κ1) is 16.9. The molecular formula is C19H24N2O3. The highest BCUT2D eigenvalue weighted by molar-refractivity contribution is 6.05. The van der Waals surface area contributed by atoms with Gasteiger partial charge < -0.3 is 9.64 Å². The van der Waals surface area contributed by atoms with E-state index in [-0.39, 0.29) is 23.8 Å². The van der Waals surface area contributed by atoms with Crippen molar-refractivity contribution in [1.82, 2.24) is 4.90 Å². The van der Waals surface area contributed by atoms with Crippen LogP contribution in [0.3, 0.4) is 0 Å². The molecule has 5 heteroatoms. The number of rotatable bonds is 5. The van der Waals surface area contributed by atoms with Gasteiger partial charge in [-0.05, 0) is 19.1 Å². The molecule has 0 N–H and O–H groups in total. The zero-order chi connectivity index (χ0) is 17.3. The second-order valence-electron chi connectivity index (χ2n) is 6.53. The van der Waals surface area contributed by atoms with E-state index in [2.05, 4.69) is 11.5 Å². The van der Waals surface area contributed by atoms with Crippen molar-refractivity contribution in [3.05, 3.63) is 42.5 Å². The first-order valence-electron chi connectivity index (χ1n) is 8.36. The third-order valence-electron chi connectivity index (χ3n) is 5.00. The summed E-state index contributed by atoms with van der Waals surface area (Å²) >= 11 is 0. The maximum atomic E-state index is 12.6. The number of likely N-dealkylation sites (tertiary alicyclic amines) is 1. The fourth-order valence-electron chi connectivity index (χ4n) is 3.73. The van der Waals surface area contributed by atoms with Crippen LogP contribution in [-0.2, 0) is 14.3 Å². The second-order valence-corrected chi connectivity index (χ2v) is 6.53. The van der Waals surface area contributed by atoms with Crippen molar-refractivity contribution in [2.45, 2.75) is 38.0 Å². The Hall–Kier alpha value is -1.98. The van der Waals surface area contributed by atoms with Crippen molar-refractivity contribution in [3.63, 3.8) is 0 Å². The van der Waals surface area contributed by atoms with Crippen LogP contribution in [0.25, 0.3) is 0 Å². The summed E-state index contributed by atoms with van der Waals surface area (Å²) in [6.45, 7) is 7.25. The Bertz CT molecular complexity index is 641. The number of Topliss-reactive ketones (excluding diaryl/α,β-unsaturated/α-hetero) is 1. The van der Waals surface area contributed by atoms with Crippen LogP contribution in [0.4, 0.5) is 5.69 Å². The molecule has 5 nitrogen and oxygen atoms in total. The molecule has 1 aromatic rings. The number of anilines is 1.